The number of para-hydroxylation sites is 1. The van der Waals surface area contributed by atoms with Crippen molar-refractivity contribution in [3.05, 3.63) is 84.1 Å². The molecule has 34 heavy (non-hydrogen) atoms. The van der Waals surface area contributed by atoms with Crippen molar-refractivity contribution in [3.8, 4) is 11.4 Å². The highest BCUT2D eigenvalue weighted by molar-refractivity contribution is 6.07. The largest absolute Gasteiger partial charge is 0.410 e. The van der Waals surface area contributed by atoms with E-state index in [1.54, 1.807) is 24.4 Å². The molecule has 0 fully saturated rings. The van der Waals surface area contributed by atoms with E-state index in [0.29, 0.717) is 43.9 Å². The van der Waals surface area contributed by atoms with Gasteiger partial charge in [-0.15, -0.1) is 5.10 Å². The summed E-state index contributed by atoms with van der Waals surface area (Å²) in [7, 11) is 0. The van der Waals surface area contributed by atoms with Crippen LogP contribution in [-0.4, -0.2) is 55.2 Å². The van der Waals surface area contributed by atoms with Crippen LogP contribution in [-0.2, 0) is 0 Å². The monoisotopic (exact) mass is 453 g/mol. The summed E-state index contributed by atoms with van der Waals surface area (Å²) >= 11 is 0. The number of benzene rings is 2. The molecule has 0 spiro atoms. The predicted molar refractivity (Wildman–Crippen MR) is 124 cm³/mol. The number of fused-ring (bicyclic) bond motifs is 2. The molecule has 168 valence electrons. The molecular formula is C24H19N7O3. The van der Waals surface area contributed by atoms with Gasteiger partial charge in [-0.25, -0.2) is 4.98 Å². The molecule has 0 aliphatic heterocycles. The minimum Gasteiger partial charge on any atom is -0.410 e. The fourth-order valence-electron chi connectivity index (χ4n) is 3.61. The number of aromatic nitrogens is 5. The van der Waals surface area contributed by atoms with E-state index in [0.717, 1.165) is 5.39 Å². The standard InChI is InChI=1S/C24H19N7O3/c32-23(15-8-9-20-22(13-15)31(34)30-29-20)26-11-12-27-24(33)17-14-21(19-7-3-4-10-25-19)28-18-6-2-1-5-16(17)18/h1-10,13-14,34H,11-12H2,(H,26,32)(H,27,33). The van der Waals surface area contributed by atoms with Crippen molar-refractivity contribution in [3.63, 3.8) is 0 Å². The van der Waals surface area contributed by atoms with Crippen LogP contribution in [0.15, 0.2) is 72.9 Å². The molecule has 5 aromatic rings. The van der Waals surface area contributed by atoms with E-state index in [1.165, 1.54) is 6.07 Å². The van der Waals surface area contributed by atoms with Crippen LogP contribution < -0.4 is 10.6 Å². The molecule has 3 aromatic heterocycles. The first-order valence-corrected chi connectivity index (χ1v) is 10.5. The van der Waals surface area contributed by atoms with Crippen molar-refractivity contribution in [2.24, 2.45) is 0 Å². The van der Waals surface area contributed by atoms with E-state index in [9.17, 15) is 14.8 Å². The lowest BCUT2D eigenvalue weighted by Gasteiger charge is -2.11. The van der Waals surface area contributed by atoms with Crippen molar-refractivity contribution in [1.82, 2.24) is 35.8 Å². The minimum absolute atomic E-state index is 0.218. The third kappa shape index (κ3) is 4.11. The number of carbonyl (C=O) groups is 2. The van der Waals surface area contributed by atoms with E-state index in [2.05, 4.69) is 30.9 Å². The molecule has 3 N–H and O–H groups in total. The van der Waals surface area contributed by atoms with Gasteiger partial charge in [0, 0.05) is 30.2 Å². The smallest absolute Gasteiger partial charge is 0.252 e. The number of rotatable bonds is 6. The Balaban J connectivity index is 1.27. The van der Waals surface area contributed by atoms with Gasteiger partial charge in [0.1, 0.15) is 11.0 Å². The van der Waals surface area contributed by atoms with Gasteiger partial charge in [-0.1, -0.05) is 29.1 Å². The summed E-state index contributed by atoms with van der Waals surface area (Å²) in [5.41, 5.74) is 3.59. The van der Waals surface area contributed by atoms with Gasteiger partial charge in [-0.05, 0) is 47.7 Å². The molecule has 0 radical (unpaired) electrons. The molecule has 0 saturated heterocycles. The molecule has 0 saturated carbocycles. The molecule has 10 heteroatoms. The van der Waals surface area contributed by atoms with E-state index in [-0.39, 0.29) is 24.9 Å². The zero-order chi connectivity index (χ0) is 23.5. The van der Waals surface area contributed by atoms with Crippen LogP contribution in [0.4, 0.5) is 0 Å². The lowest BCUT2D eigenvalue weighted by molar-refractivity contribution is 0.0928. The SMILES string of the molecule is O=C(NCCNC(=O)c1cc(-c2ccccn2)nc2ccccc12)c1ccc2nnn(O)c2c1. The molecule has 3 heterocycles. The second-order valence-electron chi connectivity index (χ2n) is 7.48. The van der Waals surface area contributed by atoms with Crippen molar-refractivity contribution in [2.45, 2.75) is 0 Å². The first-order chi connectivity index (χ1) is 16.6. The molecule has 0 unspecified atom stereocenters. The van der Waals surface area contributed by atoms with Crippen LogP contribution in [0, 0.1) is 0 Å². The van der Waals surface area contributed by atoms with Crippen LogP contribution >= 0.6 is 0 Å². The molecule has 0 bridgehead atoms. The average molecular weight is 453 g/mol. The highest BCUT2D eigenvalue weighted by atomic mass is 16.5. The maximum Gasteiger partial charge on any atom is 0.252 e. The number of nitrogens with zero attached hydrogens (tertiary/aromatic N) is 5. The summed E-state index contributed by atoms with van der Waals surface area (Å²) in [6.07, 6.45) is 1.68. The third-order valence-electron chi connectivity index (χ3n) is 5.27. The number of pyridine rings is 2. The van der Waals surface area contributed by atoms with Gasteiger partial charge in [-0.2, -0.15) is 0 Å². The van der Waals surface area contributed by atoms with Crippen molar-refractivity contribution >= 4 is 33.8 Å². The van der Waals surface area contributed by atoms with Crippen molar-refractivity contribution in [2.75, 3.05) is 13.1 Å². The Kier molecular flexibility index (Phi) is 5.53. The van der Waals surface area contributed by atoms with Gasteiger partial charge in [0.05, 0.1) is 22.5 Å². The molecule has 10 nitrogen and oxygen atoms in total. The first kappa shape index (κ1) is 21.0. The van der Waals surface area contributed by atoms with E-state index >= 15 is 0 Å². The van der Waals surface area contributed by atoms with Gasteiger partial charge >= 0.3 is 0 Å². The van der Waals surface area contributed by atoms with E-state index < -0.39 is 0 Å². The Morgan fingerprint density at radius 3 is 2.47 bits per heavy atom. The Morgan fingerprint density at radius 1 is 0.853 bits per heavy atom. The summed E-state index contributed by atoms with van der Waals surface area (Å²) in [6, 6.07) is 19.3. The quantitative estimate of drug-likeness (QED) is 0.265. The van der Waals surface area contributed by atoms with E-state index in [1.807, 2.05) is 42.5 Å². The lowest BCUT2D eigenvalue weighted by atomic mass is 10.1. The second kappa shape index (κ2) is 8.94. The van der Waals surface area contributed by atoms with Crippen LogP contribution in [0.3, 0.4) is 0 Å². The summed E-state index contributed by atoms with van der Waals surface area (Å²) < 4.78 is 0. The molecule has 2 aromatic carbocycles. The molecule has 0 atom stereocenters. The number of nitrogens with one attached hydrogen (secondary N) is 2. The van der Waals surface area contributed by atoms with Crippen LogP contribution in [0.25, 0.3) is 33.3 Å². The van der Waals surface area contributed by atoms with Crippen LogP contribution in [0.1, 0.15) is 20.7 Å². The van der Waals surface area contributed by atoms with Crippen molar-refractivity contribution < 1.29 is 14.8 Å². The second-order valence-corrected chi connectivity index (χ2v) is 7.48. The topological polar surface area (TPSA) is 135 Å². The highest BCUT2D eigenvalue weighted by Gasteiger charge is 2.15. The average Bonchev–Trinajstić information content (AvgIpc) is 3.26. The fraction of sp³-hybridized carbons (Fsp3) is 0.0833. The molecule has 0 aliphatic carbocycles. The number of carbonyl (C=O) groups excluding carboxylic acids is 2. The van der Waals surface area contributed by atoms with Crippen LogP contribution in [0.5, 0.6) is 0 Å². The summed E-state index contributed by atoms with van der Waals surface area (Å²) in [5, 5.41) is 23.2. The molecular weight excluding hydrogens is 434 g/mol. The lowest BCUT2D eigenvalue weighted by Crippen LogP contribution is -2.34. The summed E-state index contributed by atoms with van der Waals surface area (Å²) in [5.74, 6) is -0.620. The predicted octanol–water partition coefficient (Wildman–Crippen LogP) is 2.44. The number of hydrogen-bond donors (Lipinski definition) is 3. The maximum atomic E-state index is 13.0. The number of hydrogen-bond acceptors (Lipinski definition) is 7. The Labute approximate surface area is 193 Å². The zero-order valence-electron chi connectivity index (χ0n) is 17.8. The summed E-state index contributed by atoms with van der Waals surface area (Å²) in [4.78, 5) is 35.0. The van der Waals surface area contributed by atoms with Gasteiger partial charge in [0.15, 0.2) is 0 Å². The fourth-order valence-corrected chi connectivity index (χ4v) is 3.61. The van der Waals surface area contributed by atoms with Gasteiger partial charge in [-0.3, -0.25) is 14.6 Å². The Bertz CT molecular complexity index is 1520. The Morgan fingerprint density at radius 2 is 1.65 bits per heavy atom. The third-order valence-corrected chi connectivity index (χ3v) is 5.27. The highest BCUT2D eigenvalue weighted by Crippen LogP contribution is 2.23. The van der Waals surface area contributed by atoms with E-state index in [4.69, 9.17) is 0 Å². The zero-order valence-corrected chi connectivity index (χ0v) is 17.8. The van der Waals surface area contributed by atoms with Crippen molar-refractivity contribution in [1.29, 1.82) is 0 Å². The normalized spacial score (nSPS) is 10.9. The minimum atomic E-state index is -0.343. The first-order valence-electron chi connectivity index (χ1n) is 10.5. The number of amides is 2. The Hall–Kier alpha value is -4.86. The summed E-state index contributed by atoms with van der Waals surface area (Å²) in [6.45, 7) is 0.442. The van der Waals surface area contributed by atoms with Gasteiger partial charge < -0.3 is 15.8 Å². The van der Waals surface area contributed by atoms with Crippen LogP contribution in [0.2, 0.25) is 0 Å². The maximum absolute atomic E-state index is 13.0. The molecule has 5 rings (SSSR count). The molecule has 2 amide bonds. The molecule has 0 aliphatic rings. The van der Waals surface area contributed by atoms with Gasteiger partial charge in [0.2, 0.25) is 0 Å². The van der Waals surface area contributed by atoms with Gasteiger partial charge in [0.25, 0.3) is 11.8 Å².